The van der Waals surface area contributed by atoms with Crippen molar-refractivity contribution in [3.63, 3.8) is 0 Å². The predicted molar refractivity (Wildman–Crippen MR) is 411 cm³/mol. The number of aromatic nitrogens is 2. The third kappa shape index (κ3) is 21.4. The first-order chi connectivity index (χ1) is 52.9. The number of imide groups is 2. The van der Waals surface area contributed by atoms with E-state index in [1.165, 1.54) is 26.5 Å². The Morgan fingerprint density at radius 2 is 1.62 bits per heavy atom. The van der Waals surface area contributed by atoms with Gasteiger partial charge in [-0.05, 0) is 131 Å². The fourth-order valence-electron chi connectivity index (χ4n) is 15.4. The van der Waals surface area contributed by atoms with E-state index in [4.69, 9.17) is 29.9 Å². The summed E-state index contributed by atoms with van der Waals surface area (Å²) in [4.78, 5) is 191. The van der Waals surface area contributed by atoms with Crippen molar-refractivity contribution in [2.75, 3.05) is 99.9 Å². The van der Waals surface area contributed by atoms with Crippen LogP contribution in [-0.2, 0) is 72.2 Å². The van der Waals surface area contributed by atoms with Crippen molar-refractivity contribution < 1.29 is 76.5 Å². The van der Waals surface area contributed by atoms with Crippen LogP contribution in [0.1, 0.15) is 180 Å². The first-order valence-electron chi connectivity index (χ1n) is 38.4. The Balaban J connectivity index is 0.712. The summed E-state index contributed by atoms with van der Waals surface area (Å²) in [5.74, 6) is -2.67. The highest BCUT2D eigenvalue weighted by molar-refractivity contribution is 8.00. The van der Waals surface area contributed by atoms with Gasteiger partial charge in [0, 0.05) is 124 Å². The zero-order valence-corrected chi connectivity index (χ0v) is 64.6. The van der Waals surface area contributed by atoms with E-state index in [1.54, 1.807) is 93.9 Å². The highest BCUT2D eigenvalue weighted by Gasteiger charge is 2.44. The molecule has 6 aliphatic rings. The number of ether oxygens (including phenoxy) is 3. The van der Waals surface area contributed by atoms with Gasteiger partial charge in [0.25, 0.3) is 5.91 Å². The minimum Gasteiger partial charge on any atom is -0.496 e. The number of primary amides is 1. The molecule has 2 unspecified atom stereocenters. The number of benzene rings is 3. The van der Waals surface area contributed by atoms with Crippen LogP contribution in [-0.4, -0.2) is 215 Å². The molecule has 5 aliphatic heterocycles. The van der Waals surface area contributed by atoms with Crippen molar-refractivity contribution in [1.29, 1.82) is 0 Å². The molecular formula is C79H104N14O16S. The number of rotatable bonds is 38. The zero-order chi connectivity index (χ0) is 78.7. The number of likely N-dealkylation sites (tertiary alicyclic amines) is 2. The predicted octanol–water partition coefficient (Wildman–Crippen LogP) is 7.07. The Labute approximate surface area is 645 Å². The van der Waals surface area contributed by atoms with E-state index in [9.17, 15) is 62.3 Å². The molecule has 0 bridgehead atoms. The topological polar surface area (TPSA) is 381 Å². The number of nitrogens with two attached hydrogens (primary N) is 1. The fourth-order valence-corrected chi connectivity index (χ4v) is 16.0. The summed E-state index contributed by atoms with van der Waals surface area (Å²) < 4.78 is 17.8. The third-order valence-corrected chi connectivity index (χ3v) is 22.6. The third-order valence-electron chi connectivity index (χ3n) is 21.6. The average Bonchev–Trinajstić information content (AvgIpc) is 0.885. The lowest BCUT2D eigenvalue weighted by Crippen LogP contribution is -2.55. The summed E-state index contributed by atoms with van der Waals surface area (Å²) in [6.07, 6.45) is 12.3. The lowest BCUT2D eigenvalue weighted by Gasteiger charge is -2.43. The number of hydrogen-bond donors (Lipinski definition) is 6. The molecule has 6 heterocycles. The van der Waals surface area contributed by atoms with Gasteiger partial charge in [0.2, 0.25) is 47.3 Å². The molecule has 12 amide bonds. The van der Waals surface area contributed by atoms with Gasteiger partial charge in [-0.1, -0.05) is 70.4 Å². The molecule has 110 heavy (non-hydrogen) atoms. The number of unbranched alkanes of at least 4 members (excludes halogenated alkanes) is 2. The van der Waals surface area contributed by atoms with Crippen LogP contribution in [0.3, 0.4) is 0 Å². The van der Waals surface area contributed by atoms with Gasteiger partial charge < -0.3 is 60.8 Å². The monoisotopic (exact) mass is 1540 g/mol. The van der Waals surface area contributed by atoms with Crippen LogP contribution in [0.15, 0.2) is 66.9 Å². The number of anilines is 4. The number of amides is 12. The molecule has 592 valence electrons. The normalized spacial score (nSPS) is 18.8. The molecule has 3 saturated heterocycles. The van der Waals surface area contributed by atoms with Gasteiger partial charge in [-0.25, -0.2) is 19.6 Å². The SMILES string of the molecule is CC[C@@H]1C(=O)N(C)c2cnc(Cc3ccc(C(=O)CC4CCN(CCOCCN(CC(=O)Nc5cccc6c5CN(C5CCC(=O)NC5=O)C6=O)C(=O)OCc5ccc(NC(=O)[C@H](CCCNC(N)=O)CC(=O)[C@@H](NC(=O)CCCCCN6C(=O)CC(SC)C6=O)C(C)C)cc5)CC4)cc3OC)nc2N1C1CCCC1. The molecule has 5 atom stereocenters. The van der Waals surface area contributed by atoms with Gasteiger partial charge in [-0.3, -0.25) is 67.9 Å². The van der Waals surface area contributed by atoms with Gasteiger partial charge in [-0.15, -0.1) is 0 Å². The number of piperidine rings is 2. The van der Waals surface area contributed by atoms with Gasteiger partial charge >= 0.3 is 12.1 Å². The maximum absolute atomic E-state index is 14.1. The van der Waals surface area contributed by atoms with E-state index in [0.717, 1.165) is 63.0 Å². The van der Waals surface area contributed by atoms with Crippen molar-refractivity contribution >= 4 is 111 Å². The number of carbonyl (C=O) groups excluding carboxylic acids is 13. The number of fused-ring (bicyclic) bond motifs is 2. The Morgan fingerprint density at radius 3 is 2.32 bits per heavy atom. The number of methoxy groups -OCH3 is 1. The maximum Gasteiger partial charge on any atom is 0.410 e. The molecule has 31 heteroatoms. The summed E-state index contributed by atoms with van der Waals surface area (Å²) in [7, 11) is 3.37. The molecule has 4 fully saturated rings. The summed E-state index contributed by atoms with van der Waals surface area (Å²) in [6.45, 7) is 7.59. The first kappa shape index (κ1) is 82.6. The number of likely N-dealkylation sites (N-methyl/N-ethyl adjacent to an activating group) is 1. The van der Waals surface area contributed by atoms with Gasteiger partial charge in [0.15, 0.2) is 17.4 Å². The number of Topliss-reactive ketones (excluding diaryl/α,β-unsaturated/α-hetero) is 2. The number of urea groups is 1. The van der Waals surface area contributed by atoms with Crippen LogP contribution in [0.5, 0.6) is 5.75 Å². The van der Waals surface area contributed by atoms with Crippen molar-refractivity contribution in [3.8, 4) is 5.75 Å². The standard InChI is InChI=1S/C79H104N14O16S/c1-7-59-76(103)88(4)61-44-82-66(85-72(61)93(59)55-16-10-11-17-55)42-52-24-23-51(41-64(52)107-5)62(94)39-49-29-33-89(34-30-49)35-37-108-38-36-90(46-69(98)84-58-19-13-18-56-57(58)45-92(75(56)102)60-27-28-68(97)87-74(60)101)79(106)109-47-50-21-25-54(26-22-50)83-73(100)53(15-14-31-81-78(80)105)40-63(95)71(48(2)3)86-67(96)20-9-8-12-32-91-70(99)43-65(110-6)77(91)104/h13,18-19,21-26,41,44,48-49,53,55,59-60,65,71H,7-12,14-17,20,27-40,42-43,45-47H2,1-6H3,(H,83,100)(H,84,98)(H,86,96)(H3,80,81,105)(H,87,97,101)/t53-,59-,60?,65?,71+/m1/s1. The number of nitrogens with one attached hydrogen (secondary N) is 5. The largest absolute Gasteiger partial charge is 0.496 e. The van der Waals surface area contributed by atoms with Gasteiger partial charge in [-0.2, -0.15) is 11.8 Å². The minimum atomic E-state index is -0.907. The van der Waals surface area contributed by atoms with Crippen LogP contribution in [0.2, 0.25) is 0 Å². The van der Waals surface area contributed by atoms with Crippen molar-refractivity contribution in [2.24, 2.45) is 23.5 Å². The van der Waals surface area contributed by atoms with Gasteiger partial charge in [0.05, 0.1) is 37.8 Å². The first-order valence-corrected chi connectivity index (χ1v) is 39.7. The number of carbonyl (C=O) groups is 13. The Bertz CT molecular complexity index is 4050. The molecule has 1 aliphatic carbocycles. The zero-order valence-electron chi connectivity index (χ0n) is 63.8. The van der Waals surface area contributed by atoms with Crippen LogP contribution in [0.4, 0.5) is 32.5 Å². The molecule has 1 aromatic heterocycles. The van der Waals surface area contributed by atoms with E-state index < -0.39 is 66.2 Å². The summed E-state index contributed by atoms with van der Waals surface area (Å²) >= 11 is 1.35. The van der Waals surface area contributed by atoms with E-state index in [1.807, 2.05) is 19.1 Å². The molecule has 0 spiro atoms. The molecule has 1 saturated carbocycles. The summed E-state index contributed by atoms with van der Waals surface area (Å²) in [5, 5.41) is 13.0. The van der Waals surface area contributed by atoms with Gasteiger partial charge in [0.1, 0.15) is 42.5 Å². The maximum atomic E-state index is 14.1. The summed E-state index contributed by atoms with van der Waals surface area (Å²) in [6, 6.07) is 14.2. The highest BCUT2D eigenvalue weighted by atomic mass is 32.2. The number of ketones is 2. The number of hydrogen-bond acceptors (Lipinski definition) is 21. The molecule has 30 nitrogen and oxygen atoms in total. The number of thioether (sulfide) groups is 1. The van der Waals surface area contributed by atoms with Crippen LogP contribution in [0.25, 0.3) is 0 Å². The average molecular weight is 1540 g/mol. The van der Waals surface area contributed by atoms with Crippen LogP contribution < -0.4 is 46.9 Å². The Hall–Kier alpha value is -9.88. The van der Waals surface area contributed by atoms with E-state index in [2.05, 4.69) is 36.4 Å². The molecule has 4 aromatic rings. The Morgan fingerprint density at radius 1 is 0.855 bits per heavy atom. The second-order valence-corrected chi connectivity index (χ2v) is 30.6. The summed E-state index contributed by atoms with van der Waals surface area (Å²) in [5.41, 5.74) is 9.32. The molecule has 10 rings (SSSR count). The molecule has 3 aromatic carbocycles. The Kier molecular flexibility index (Phi) is 29.4. The smallest absolute Gasteiger partial charge is 0.410 e. The number of nitrogens with zero attached hydrogens (tertiary/aromatic N) is 8. The van der Waals surface area contributed by atoms with Crippen molar-refractivity contribution in [2.45, 2.75) is 185 Å². The second kappa shape index (κ2) is 39.2. The van der Waals surface area contributed by atoms with Crippen molar-refractivity contribution in [3.05, 3.63) is 101 Å². The van der Waals surface area contributed by atoms with E-state index >= 15 is 0 Å². The van der Waals surface area contributed by atoms with E-state index in [-0.39, 0.29) is 148 Å². The molecule has 7 N–H and O–H groups in total. The lowest BCUT2D eigenvalue weighted by atomic mass is 9.89. The molecule has 0 radical (unpaired) electrons. The second-order valence-electron chi connectivity index (χ2n) is 29.5. The fraction of sp³-hybridized carbons (Fsp3) is 0.557. The highest BCUT2D eigenvalue weighted by Crippen LogP contribution is 2.41. The van der Waals surface area contributed by atoms with Crippen molar-refractivity contribution in [1.82, 2.24) is 45.5 Å². The molecular weight excluding hydrogens is 1430 g/mol. The quantitative estimate of drug-likeness (QED) is 0.0148. The van der Waals surface area contributed by atoms with Crippen LogP contribution >= 0.6 is 11.8 Å². The van der Waals surface area contributed by atoms with Crippen LogP contribution in [0, 0.1) is 17.8 Å². The minimum absolute atomic E-state index is 0.00598. The lowest BCUT2D eigenvalue weighted by molar-refractivity contribution is -0.139. The van der Waals surface area contributed by atoms with E-state index in [0.29, 0.717) is 103 Å².